The van der Waals surface area contributed by atoms with Crippen LogP contribution in [0.25, 0.3) is 5.69 Å². The summed E-state index contributed by atoms with van der Waals surface area (Å²) in [5.74, 6) is 0.337. The van der Waals surface area contributed by atoms with E-state index in [0.717, 1.165) is 25.7 Å². The maximum atomic E-state index is 12.6. The van der Waals surface area contributed by atoms with Gasteiger partial charge in [-0.25, -0.2) is 14.2 Å². The monoisotopic (exact) mass is 456 g/mol. The summed E-state index contributed by atoms with van der Waals surface area (Å²) >= 11 is 0. The number of benzene rings is 1. The third-order valence-electron chi connectivity index (χ3n) is 4.88. The van der Waals surface area contributed by atoms with E-state index in [2.05, 4.69) is 30.6 Å². The molecule has 0 radical (unpaired) electrons. The maximum Gasteiger partial charge on any atom is 0.412 e. The van der Waals surface area contributed by atoms with E-state index in [1.165, 1.54) is 36.4 Å². The van der Waals surface area contributed by atoms with Crippen LogP contribution in [0.1, 0.15) is 36.2 Å². The molecule has 1 aliphatic carbocycles. The van der Waals surface area contributed by atoms with Crippen LogP contribution in [-0.4, -0.2) is 52.2 Å². The standard InChI is InChI=1S/C15H18N6O3.C7H7FO/c1-24-15(23)20-12-7-6-11(21-16-8-9-17-21)13(19-12)14(22)18-10-4-2-3-5-10;1-9-7-4-2-6(8)3-5-7/h6-10H,2-5H2,1H3,(H,18,22)(H,19,20,23);2-5H,1H3. The third-order valence-corrected chi connectivity index (χ3v) is 4.88. The van der Waals surface area contributed by atoms with Crippen molar-refractivity contribution in [1.29, 1.82) is 0 Å². The average Bonchev–Trinajstić information content (AvgIpc) is 3.54. The second kappa shape index (κ2) is 11.6. The van der Waals surface area contributed by atoms with Crippen molar-refractivity contribution in [2.75, 3.05) is 19.5 Å². The fraction of sp³-hybridized carbons (Fsp3) is 0.318. The number of methoxy groups -OCH3 is 2. The van der Waals surface area contributed by atoms with Crippen LogP contribution in [0, 0.1) is 5.82 Å². The number of nitrogens with one attached hydrogen (secondary N) is 2. The Morgan fingerprint density at radius 2 is 1.70 bits per heavy atom. The van der Waals surface area contributed by atoms with E-state index in [9.17, 15) is 14.0 Å². The predicted octanol–water partition coefficient (Wildman–Crippen LogP) is 3.35. The second-order valence-corrected chi connectivity index (χ2v) is 7.11. The van der Waals surface area contributed by atoms with E-state index in [-0.39, 0.29) is 29.3 Å². The van der Waals surface area contributed by atoms with Crippen LogP contribution in [0.15, 0.2) is 48.8 Å². The number of aromatic nitrogens is 4. The molecule has 1 saturated carbocycles. The number of ether oxygens (including phenoxy) is 2. The second-order valence-electron chi connectivity index (χ2n) is 7.11. The SMILES string of the molecule is COC(=O)Nc1ccc(-n2nccn2)c(C(=O)NC2CCCC2)n1.COc1ccc(F)cc1. The van der Waals surface area contributed by atoms with Gasteiger partial charge in [0.25, 0.3) is 5.91 Å². The molecule has 2 heterocycles. The molecule has 2 amide bonds. The Bertz CT molecular complexity index is 1050. The van der Waals surface area contributed by atoms with Gasteiger partial charge in [-0.1, -0.05) is 12.8 Å². The van der Waals surface area contributed by atoms with Crippen molar-refractivity contribution in [3.05, 3.63) is 60.3 Å². The van der Waals surface area contributed by atoms with Crippen molar-refractivity contribution in [1.82, 2.24) is 25.3 Å². The molecule has 0 aliphatic heterocycles. The quantitative estimate of drug-likeness (QED) is 0.604. The zero-order valence-electron chi connectivity index (χ0n) is 18.3. The molecular weight excluding hydrogens is 431 g/mol. The highest BCUT2D eigenvalue weighted by Gasteiger charge is 2.22. The van der Waals surface area contributed by atoms with Crippen molar-refractivity contribution < 1.29 is 23.5 Å². The molecule has 33 heavy (non-hydrogen) atoms. The topological polar surface area (TPSA) is 120 Å². The summed E-state index contributed by atoms with van der Waals surface area (Å²) in [6.07, 6.45) is 6.50. The number of rotatable bonds is 5. The number of amides is 2. The first-order chi connectivity index (χ1) is 16.0. The lowest BCUT2D eigenvalue weighted by molar-refractivity contribution is 0.0932. The lowest BCUT2D eigenvalue weighted by Gasteiger charge is -2.14. The molecule has 2 N–H and O–H groups in total. The van der Waals surface area contributed by atoms with Crippen LogP contribution in [0.4, 0.5) is 15.0 Å². The summed E-state index contributed by atoms with van der Waals surface area (Å²) in [5, 5.41) is 13.5. The molecular formula is C22H25FN6O4. The van der Waals surface area contributed by atoms with Gasteiger partial charge in [0.2, 0.25) is 0 Å². The minimum atomic E-state index is -0.658. The van der Waals surface area contributed by atoms with Gasteiger partial charge in [-0.05, 0) is 49.2 Å². The number of anilines is 1. The van der Waals surface area contributed by atoms with Crippen molar-refractivity contribution >= 4 is 17.8 Å². The van der Waals surface area contributed by atoms with Gasteiger partial charge in [0.1, 0.15) is 23.1 Å². The minimum absolute atomic E-state index is 0.145. The van der Waals surface area contributed by atoms with Crippen LogP contribution >= 0.6 is 0 Å². The van der Waals surface area contributed by atoms with Crippen molar-refractivity contribution in [3.63, 3.8) is 0 Å². The number of pyridine rings is 1. The molecule has 11 heteroatoms. The number of carbonyl (C=O) groups is 2. The highest BCUT2D eigenvalue weighted by molar-refractivity contribution is 5.97. The lowest BCUT2D eigenvalue weighted by atomic mass is 10.2. The molecule has 1 aromatic carbocycles. The van der Waals surface area contributed by atoms with E-state index in [1.807, 2.05) is 0 Å². The number of halogens is 1. The molecule has 1 aliphatic rings. The van der Waals surface area contributed by atoms with E-state index in [1.54, 1.807) is 31.4 Å². The van der Waals surface area contributed by atoms with E-state index in [0.29, 0.717) is 11.4 Å². The molecule has 1 fully saturated rings. The Morgan fingerprint density at radius 3 is 2.30 bits per heavy atom. The predicted molar refractivity (Wildman–Crippen MR) is 118 cm³/mol. The fourth-order valence-electron chi connectivity index (χ4n) is 3.24. The highest BCUT2D eigenvalue weighted by atomic mass is 19.1. The summed E-state index contributed by atoms with van der Waals surface area (Å²) < 4.78 is 21.5. The Hall–Kier alpha value is -4.02. The first-order valence-corrected chi connectivity index (χ1v) is 10.3. The zero-order valence-corrected chi connectivity index (χ0v) is 18.3. The van der Waals surface area contributed by atoms with Gasteiger partial charge >= 0.3 is 6.09 Å². The van der Waals surface area contributed by atoms with Gasteiger partial charge in [0, 0.05) is 6.04 Å². The van der Waals surface area contributed by atoms with Crippen LogP contribution in [0.5, 0.6) is 5.75 Å². The Kier molecular flexibility index (Phi) is 8.28. The lowest BCUT2D eigenvalue weighted by Crippen LogP contribution is -2.34. The maximum absolute atomic E-state index is 12.6. The molecule has 0 bridgehead atoms. The molecule has 0 atom stereocenters. The molecule has 4 rings (SSSR count). The summed E-state index contributed by atoms with van der Waals surface area (Å²) in [6.45, 7) is 0. The largest absolute Gasteiger partial charge is 0.497 e. The van der Waals surface area contributed by atoms with Crippen molar-refractivity contribution in [2.24, 2.45) is 0 Å². The number of nitrogens with zero attached hydrogens (tertiary/aromatic N) is 4. The van der Waals surface area contributed by atoms with Gasteiger partial charge in [-0.15, -0.1) is 4.80 Å². The van der Waals surface area contributed by atoms with Gasteiger partial charge in [0.05, 0.1) is 26.6 Å². The first kappa shape index (κ1) is 23.6. The molecule has 2 aromatic heterocycles. The minimum Gasteiger partial charge on any atom is -0.497 e. The average molecular weight is 456 g/mol. The Balaban J connectivity index is 0.000000286. The highest BCUT2D eigenvalue weighted by Crippen LogP contribution is 2.20. The van der Waals surface area contributed by atoms with Crippen LogP contribution in [0.3, 0.4) is 0 Å². The molecule has 0 unspecified atom stereocenters. The first-order valence-electron chi connectivity index (χ1n) is 10.3. The van der Waals surface area contributed by atoms with Crippen LogP contribution in [-0.2, 0) is 4.74 Å². The molecule has 0 saturated heterocycles. The fourth-order valence-corrected chi connectivity index (χ4v) is 3.24. The zero-order chi connectivity index (χ0) is 23.6. The third kappa shape index (κ3) is 6.73. The number of hydrogen-bond donors (Lipinski definition) is 2. The van der Waals surface area contributed by atoms with Gasteiger partial charge in [-0.2, -0.15) is 10.2 Å². The Labute approximate surface area is 190 Å². The van der Waals surface area contributed by atoms with Crippen molar-refractivity contribution in [2.45, 2.75) is 31.7 Å². The molecule has 10 nitrogen and oxygen atoms in total. The van der Waals surface area contributed by atoms with E-state index < -0.39 is 6.09 Å². The van der Waals surface area contributed by atoms with Gasteiger partial charge < -0.3 is 14.8 Å². The van der Waals surface area contributed by atoms with Gasteiger partial charge in [0.15, 0.2) is 5.69 Å². The van der Waals surface area contributed by atoms with Gasteiger partial charge in [-0.3, -0.25) is 10.1 Å². The number of carbonyl (C=O) groups excluding carboxylic acids is 2. The van der Waals surface area contributed by atoms with Crippen molar-refractivity contribution in [3.8, 4) is 11.4 Å². The Morgan fingerprint density at radius 1 is 1.03 bits per heavy atom. The summed E-state index contributed by atoms with van der Waals surface area (Å²) in [6, 6.07) is 9.21. The molecule has 174 valence electrons. The molecule has 3 aromatic rings. The summed E-state index contributed by atoms with van der Waals surface area (Å²) in [4.78, 5) is 29.5. The number of hydrogen-bond acceptors (Lipinski definition) is 7. The molecule has 0 spiro atoms. The normalized spacial score (nSPS) is 12.9. The van der Waals surface area contributed by atoms with E-state index in [4.69, 9.17) is 4.74 Å². The van der Waals surface area contributed by atoms with Crippen LogP contribution < -0.4 is 15.4 Å². The summed E-state index contributed by atoms with van der Waals surface area (Å²) in [5.41, 5.74) is 0.581. The summed E-state index contributed by atoms with van der Waals surface area (Å²) in [7, 11) is 2.80. The van der Waals surface area contributed by atoms with E-state index >= 15 is 0 Å². The van der Waals surface area contributed by atoms with Crippen LogP contribution in [0.2, 0.25) is 0 Å². The smallest absolute Gasteiger partial charge is 0.412 e.